The highest BCUT2D eigenvalue weighted by atomic mass is 19.2. The van der Waals surface area contributed by atoms with Gasteiger partial charge in [0.15, 0.2) is 17.5 Å². The molecule has 0 aromatic heterocycles. The van der Waals surface area contributed by atoms with Gasteiger partial charge in [0.05, 0.1) is 6.10 Å². The van der Waals surface area contributed by atoms with E-state index in [4.69, 9.17) is 5.11 Å². The number of halogens is 3. The van der Waals surface area contributed by atoms with Crippen LogP contribution in [0.2, 0.25) is 0 Å². The minimum Gasteiger partial charge on any atom is -0.392 e. The van der Waals surface area contributed by atoms with E-state index in [1.807, 2.05) is 0 Å². The SMILES string of the molecule is C[C@H](O)CNc1cc(F)c(F)c(F)c1. The Morgan fingerprint density at radius 1 is 1.29 bits per heavy atom. The average molecular weight is 205 g/mol. The lowest BCUT2D eigenvalue weighted by Gasteiger charge is -2.08. The lowest BCUT2D eigenvalue weighted by Crippen LogP contribution is -2.15. The molecule has 14 heavy (non-hydrogen) atoms. The molecular formula is C9H10F3NO. The van der Waals surface area contributed by atoms with Gasteiger partial charge in [-0.15, -0.1) is 0 Å². The summed E-state index contributed by atoms with van der Waals surface area (Å²) in [4.78, 5) is 0. The summed E-state index contributed by atoms with van der Waals surface area (Å²) in [5, 5.41) is 11.4. The average Bonchev–Trinajstić information content (AvgIpc) is 2.10. The summed E-state index contributed by atoms with van der Waals surface area (Å²) < 4.78 is 37.8. The van der Waals surface area contributed by atoms with Crippen molar-refractivity contribution in [3.05, 3.63) is 29.6 Å². The quantitative estimate of drug-likeness (QED) is 0.738. The van der Waals surface area contributed by atoms with Crippen molar-refractivity contribution in [3.63, 3.8) is 0 Å². The summed E-state index contributed by atoms with van der Waals surface area (Å²) in [5.41, 5.74) is 0.0994. The van der Waals surface area contributed by atoms with Crippen LogP contribution in [0.1, 0.15) is 6.92 Å². The molecule has 1 aromatic rings. The Labute approximate surface area is 79.4 Å². The molecule has 1 rings (SSSR count). The monoisotopic (exact) mass is 205 g/mol. The van der Waals surface area contributed by atoms with Crippen molar-refractivity contribution in [2.75, 3.05) is 11.9 Å². The molecule has 1 atom stereocenters. The molecule has 5 heteroatoms. The van der Waals surface area contributed by atoms with E-state index in [1.165, 1.54) is 6.92 Å². The maximum absolute atomic E-state index is 12.6. The zero-order valence-corrected chi connectivity index (χ0v) is 7.52. The topological polar surface area (TPSA) is 32.3 Å². The second-order valence-electron chi connectivity index (χ2n) is 2.98. The molecule has 0 aliphatic rings. The van der Waals surface area contributed by atoms with Crippen LogP contribution in [0.3, 0.4) is 0 Å². The Morgan fingerprint density at radius 2 is 1.79 bits per heavy atom. The molecule has 0 heterocycles. The van der Waals surface area contributed by atoms with Gasteiger partial charge in [-0.25, -0.2) is 13.2 Å². The molecule has 0 amide bonds. The normalized spacial score (nSPS) is 12.6. The standard InChI is InChI=1S/C9H10F3NO/c1-5(14)4-13-6-2-7(10)9(12)8(11)3-6/h2-3,5,13-14H,4H2,1H3/t5-/m0/s1. The summed E-state index contributed by atoms with van der Waals surface area (Å²) in [6.45, 7) is 1.66. The van der Waals surface area contributed by atoms with Crippen molar-refractivity contribution < 1.29 is 18.3 Å². The minimum absolute atomic E-state index is 0.0994. The second kappa shape index (κ2) is 4.32. The molecule has 0 aliphatic heterocycles. The number of anilines is 1. The van der Waals surface area contributed by atoms with Gasteiger partial charge < -0.3 is 10.4 Å². The van der Waals surface area contributed by atoms with E-state index in [0.29, 0.717) is 0 Å². The molecule has 2 nitrogen and oxygen atoms in total. The first-order valence-electron chi connectivity index (χ1n) is 4.07. The lowest BCUT2D eigenvalue weighted by atomic mass is 10.2. The van der Waals surface area contributed by atoms with E-state index >= 15 is 0 Å². The molecule has 0 aliphatic carbocycles. The Bertz CT molecular complexity index is 305. The predicted octanol–water partition coefficient (Wildman–Crippen LogP) is 1.90. The third-order valence-corrected chi connectivity index (χ3v) is 1.59. The van der Waals surface area contributed by atoms with Gasteiger partial charge >= 0.3 is 0 Å². The molecule has 0 radical (unpaired) electrons. The molecule has 0 saturated heterocycles. The molecule has 1 aromatic carbocycles. The molecule has 0 bridgehead atoms. The first-order valence-corrected chi connectivity index (χ1v) is 4.07. The molecule has 78 valence electrons. The highest BCUT2D eigenvalue weighted by Crippen LogP contribution is 2.17. The molecule has 2 N–H and O–H groups in total. The van der Waals surface area contributed by atoms with Gasteiger partial charge in [0, 0.05) is 24.4 Å². The van der Waals surface area contributed by atoms with Crippen molar-refractivity contribution in [1.82, 2.24) is 0 Å². The van der Waals surface area contributed by atoms with Crippen LogP contribution in [0.15, 0.2) is 12.1 Å². The van der Waals surface area contributed by atoms with E-state index in [0.717, 1.165) is 12.1 Å². The van der Waals surface area contributed by atoms with Crippen LogP contribution < -0.4 is 5.32 Å². The van der Waals surface area contributed by atoms with Crippen LogP contribution in [-0.4, -0.2) is 17.8 Å². The van der Waals surface area contributed by atoms with Crippen molar-refractivity contribution in [2.24, 2.45) is 0 Å². The fourth-order valence-corrected chi connectivity index (χ4v) is 0.923. The number of rotatable bonds is 3. The maximum Gasteiger partial charge on any atom is 0.194 e. The first kappa shape index (κ1) is 10.8. The van der Waals surface area contributed by atoms with Gasteiger partial charge in [0.25, 0.3) is 0 Å². The second-order valence-corrected chi connectivity index (χ2v) is 2.98. The van der Waals surface area contributed by atoms with Gasteiger partial charge in [-0.3, -0.25) is 0 Å². The van der Waals surface area contributed by atoms with E-state index in [1.54, 1.807) is 0 Å². The number of benzene rings is 1. The Balaban J connectivity index is 2.79. The molecule has 0 spiro atoms. The number of aliphatic hydroxyl groups excluding tert-OH is 1. The van der Waals surface area contributed by atoms with Gasteiger partial charge in [-0.05, 0) is 6.92 Å². The Morgan fingerprint density at radius 3 is 2.21 bits per heavy atom. The summed E-state index contributed by atoms with van der Waals surface area (Å²) in [7, 11) is 0. The van der Waals surface area contributed by atoms with Crippen LogP contribution >= 0.6 is 0 Å². The van der Waals surface area contributed by atoms with Gasteiger partial charge in [0.2, 0.25) is 0 Å². The van der Waals surface area contributed by atoms with Crippen LogP contribution in [0.4, 0.5) is 18.9 Å². The molecular weight excluding hydrogens is 195 g/mol. The Hall–Kier alpha value is -1.23. The molecule has 0 fully saturated rings. The minimum atomic E-state index is -1.49. The smallest absolute Gasteiger partial charge is 0.194 e. The van der Waals surface area contributed by atoms with Gasteiger partial charge in [-0.2, -0.15) is 0 Å². The zero-order chi connectivity index (χ0) is 10.7. The van der Waals surface area contributed by atoms with Crippen LogP contribution in [0.5, 0.6) is 0 Å². The summed E-state index contributed by atoms with van der Waals surface area (Å²) in [6, 6.07) is 1.67. The van der Waals surface area contributed by atoms with Gasteiger partial charge in [-0.1, -0.05) is 0 Å². The van der Waals surface area contributed by atoms with E-state index in [9.17, 15) is 13.2 Å². The van der Waals surface area contributed by atoms with Crippen LogP contribution in [0.25, 0.3) is 0 Å². The highest BCUT2D eigenvalue weighted by molar-refractivity contribution is 5.44. The number of hydrogen-bond acceptors (Lipinski definition) is 2. The van der Waals surface area contributed by atoms with E-state index in [2.05, 4.69) is 5.32 Å². The first-order chi connectivity index (χ1) is 6.50. The maximum atomic E-state index is 12.6. The van der Waals surface area contributed by atoms with Crippen molar-refractivity contribution in [2.45, 2.75) is 13.0 Å². The highest BCUT2D eigenvalue weighted by Gasteiger charge is 2.10. The largest absolute Gasteiger partial charge is 0.392 e. The molecule has 0 unspecified atom stereocenters. The number of aliphatic hydroxyl groups is 1. The predicted molar refractivity (Wildman–Crippen MR) is 46.5 cm³/mol. The number of hydrogen-bond donors (Lipinski definition) is 2. The van der Waals surface area contributed by atoms with Gasteiger partial charge in [0.1, 0.15) is 0 Å². The number of nitrogens with one attached hydrogen (secondary N) is 1. The van der Waals surface area contributed by atoms with Crippen LogP contribution in [0, 0.1) is 17.5 Å². The molecule has 0 saturated carbocycles. The summed E-state index contributed by atoms with van der Waals surface area (Å²) >= 11 is 0. The lowest BCUT2D eigenvalue weighted by molar-refractivity contribution is 0.208. The fraction of sp³-hybridized carbons (Fsp3) is 0.333. The van der Waals surface area contributed by atoms with Crippen molar-refractivity contribution in [1.29, 1.82) is 0 Å². The van der Waals surface area contributed by atoms with Crippen molar-refractivity contribution >= 4 is 5.69 Å². The van der Waals surface area contributed by atoms with Crippen molar-refractivity contribution in [3.8, 4) is 0 Å². The zero-order valence-electron chi connectivity index (χ0n) is 7.52. The summed E-state index contributed by atoms with van der Waals surface area (Å²) in [5.74, 6) is -4.00. The van der Waals surface area contributed by atoms with E-state index in [-0.39, 0.29) is 12.2 Å². The van der Waals surface area contributed by atoms with Crippen LogP contribution in [-0.2, 0) is 0 Å². The Kier molecular flexibility index (Phi) is 3.35. The fourth-order valence-electron chi connectivity index (χ4n) is 0.923. The summed E-state index contributed by atoms with van der Waals surface area (Å²) in [6.07, 6.45) is -0.647. The van der Waals surface area contributed by atoms with E-state index < -0.39 is 23.6 Å². The third-order valence-electron chi connectivity index (χ3n) is 1.59. The third kappa shape index (κ3) is 2.63.